The van der Waals surface area contributed by atoms with Crippen molar-refractivity contribution >= 4 is 5.91 Å². The van der Waals surface area contributed by atoms with E-state index in [1.165, 1.54) is 0 Å². The fourth-order valence-electron chi connectivity index (χ4n) is 2.27. The quantitative estimate of drug-likeness (QED) is 0.773. The average molecular weight is 292 g/mol. The number of nitrogens with one attached hydrogen (secondary N) is 1. The molecule has 0 saturated carbocycles. The van der Waals surface area contributed by atoms with E-state index >= 15 is 0 Å². The lowest BCUT2D eigenvalue weighted by Gasteiger charge is -2.30. The van der Waals surface area contributed by atoms with Crippen LogP contribution in [-0.4, -0.2) is 41.7 Å². The summed E-state index contributed by atoms with van der Waals surface area (Å²) in [6, 6.07) is 9.41. The van der Waals surface area contributed by atoms with Crippen molar-refractivity contribution in [1.82, 2.24) is 10.2 Å². The first-order chi connectivity index (χ1) is 9.97. The molecule has 1 aromatic carbocycles. The van der Waals surface area contributed by atoms with Gasteiger partial charge in [0.15, 0.2) is 0 Å². The lowest BCUT2D eigenvalue weighted by molar-refractivity contribution is -0.127. The second-order valence-electron chi connectivity index (χ2n) is 5.54. The zero-order chi connectivity index (χ0) is 15.9. The Balaban J connectivity index is 2.83. The van der Waals surface area contributed by atoms with Crippen molar-refractivity contribution in [2.45, 2.75) is 45.3 Å². The van der Waals surface area contributed by atoms with E-state index in [2.05, 4.69) is 5.32 Å². The summed E-state index contributed by atoms with van der Waals surface area (Å²) < 4.78 is 0. The van der Waals surface area contributed by atoms with Gasteiger partial charge in [0, 0.05) is 6.54 Å². The van der Waals surface area contributed by atoms with Crippen LogP contribution in [0.4, 0.5) is 0 Å². The van der Waals surface area contributed by atoms with Gasteiger partial charge >= 0.3 is 0 Å². The lowest BCUT2D eigenvalue weighted by atomic mass is 9.97. The van der Waals surface area contributed by atoms with Crippen LogP contribution < -0.4 is 5.32 Å². The van der Waals surface area contributed by atoms with Gasteiger partial charge in [0.05, 0.1) is 5.60 Å². The van der Waals surface area contributed by atoms with Gasteiger partial charge in [-0.1, -0.05) is 51.1 Å². The van der Waals surface area contributed by atoms with E-state index in [9.17, 15) is 9.90 Å². The van der Waals surface area contributed by atoms with E-state index in [1.54, 1.807) is 0 Å². The highest BCUT2D eigenvalue weighted by Crippen LogP contribution is 2.20. The molecule has 1 rings (SSSR count). The van der Waals surface area contributed by atoms with Gasteiger partial charge in [0.2, 0.25) is 5.91 Å². The molecule has 1 unspecified atom stereocenters. The number of hydrogen-bond acceptors (Lipinski definition) is 3. The Kier molecular flexibility index (Phi) is 6.85. The molecule has 1 atom stereocenters. The Morgan fingerprint density at radius 2 is 1.81 bits per heavy atom. The molecule has 0 fully saturated rings. The SMILES string of the molecule is CCN(C)C(C(=O)NCC(O)(CC)CC)c1ccccc1. The zero-order valence-corrected chi connectivity index (χ0v) is 13.6. The van der Waals surface area contributed by atoms with Gasteiger partial charge in [-0.3, -0.25) is 9.69 Å². The molecule has 21 heavy (non-hydrogen) atoms. The third-order valence-corrected chi connectivity index (χ3v) is 4.21. The maximum absolute atomic E-state index is 12.6. The molecule has 0 aromatic heterocycles. The first-order valence-electron chi connectivity index (χ1n) is 7.72. The van der Waals surface area contributed by atoms with Crippen LogP contribution in [0, 0.1) is 0 Å². The number of rotatable bonds is 8. The maximum Gasteiger partial charge on any atom is 0.242 e. The van der Waals surface area contributed by atoms with Crippen molar-refractivity contribution in [2.24, 2.45) is 0 Å². The van der Waals surface area contributed by atoms with E-state index in [4.69, 9.17) is 0 Å². The van der Waals surface area contributed by atoms with E-state index in [0.717, 1.165) is 12.1 Å². The molecular formula is C17H28N2O2. The molecule has 0 aliphatic heterocycles. The lowest BCUT2D eigenvalue weighted by Crippen LogP contribution is -2.46. The number of amides is 1. The Morgan fingerprint density at radius 3 is 2.29 bits per heavy atom. The molecule has 118 valence electrons. The Hall–Kier alpha value is -1.39. The van der Waals surface area contributed by atoms with Gasteiger partial charge in [0.1, 0.15) is 6.04 Å². The molecule has 4 nitrogen and oxygen atoms in total. The fraction of sp³-hybridized carbons (Fsp3) is 0.588. The normalized spacial score (nSPS) is 13.2. The Morgan fingerprint density at radius 1 is 1.24 bits per heavy atom. The highest BCUT2D eigenvalue weighted by molar-refractivity contribution is 5.83. The molecule has 0 bridgehead atoms. The van der Waals surface area contributed by atoms with Gasteiger partial charge < -0.3 is 10.4 Å². The van der Waals surface area contributed by atoms with Crippen molar-refractivity contribution in [1.29, 1.82) is 0 Å². The van der Waals surface area contributed by atoms with Crippen LogP contribution in [0.15, 0.2) is 30.3 Å². The largest absolute Gasteiger partial charge is 0.388 e. The Labute approximate surface area is 128 Å². The monoisotopic (exact) mass is 292 g/mol. The number of carbonyl (C=O) groups is 1. The second-order valence-corrected chi connectivity index (χ2v) is 5.54. The van der Waals surface area contributed by atoms with E-state index < -0.39 is 5.60 Å². The van der Waals surface area contributed by atoms with Gasteiger partial charge in [-0.2, -0.15) is 0 Å². The van der Waals surface area contributed by atoms with E-state index in [1.807, 2.05) is 63.1 Å². The molecule has 0 heterocycles. The molecule has 1 amide bonds. The van der Waals surface area contributed by atoms with Crippen LogP contribution in [0.3, 0.4) is 0 Å². The summed E-state index contributed by atoms with van der Waals surface area (Å²) in [6.45, 7) is 6.96. The summed E-state index contributed by atoms with van der Waals surface area (Å²) in [5.74, 6) is -0.0640. The predicted octanol–water partition coefficient (Wildman–Crippen LogP) is 2.35. The standard InChI is InChI=1S/C17H28N2O2/c1-5-17(21,6-2)13-18-16(20)15(19(4)7-3)14-11-9-8-10-12-14/h8-12,15,21H,5-7,13H2,1-4H3,(H,18,20). The smallest absolute Gasteiger partial charge is 0.242 e. The summed E-state index contributed by atoms with van der Waals surface area (Å²) in [6.07, 6.45) is 1.26. The summed E-state index contributed by atoms with van der Waals surface area (Å²) in [4.78, 5) is 14.6. The number of benzene rings is 1. The predicted molar refractivity (Wildman–Crippen MR) is 86.0 cm³/mol. The minimum atomic E-state index is -0.818. The third-order valence-electron chi connectivity index (χ3n) is 4.21. The van der Waals surface area contributed by atoms with E-state index in [0.29, 0.717) is 19.4 Å². The molecule has 2 N–H and O–H groups in total. The van der Waals surface area contributed by atoms with Gasteiger partial charge in [0.25, 0.3) is 0 Å². The van der Waals surface area contributed by atoms with Gasteiger partial charge in [-0.15, -0.1) is 0 Å². The first-order valence-corrected chi connectivity index (χ1v) is 7.72. The van der Waals surface area contributed by atoms with Crippen LogP contribution in [0.2, 0.25) is 0 Å². The van der Waals surface area contributed by atoms with Crippen LogP contribution >= 0.6 is 0 Å². The highest BCUT2D eigenvalue weighted by atomic mass is 16.3. The van der Waals surface area contributed by atoms with Crippen LogP contribution in [0.25, 0.3) is 0 Å². The maximum atomic E-state index is 12.6. The summed E-state index contributed by atoms with van der Waals surface area (Å²) in [5, 5.41) is 13.2. The fourth-order valence-corrected chi connectivity index (χ4v) is 2.27. The molecule has 0 spiro atoms. The second kappa shape index (κ2) is 8.15. The molecule has 4 heteroatoms. The van der Waals surface area contributed by atoms with Gasteiger partial charge in [-0.25, -0.2) is 0 Å². The number of aliphatic hydroxyl groups is 1. The van der Waals surface area contributed by atoms with Crippen LogP contribution in [0.1, 0.15) is 45.2 Å². The summed E-state index contributed by atoms with van der Waals surface area (Å²) in [5.41, 5.74) is 0.151. The first kappa shape index (κ1) is 17.7. The Bertz CT molecular complexity index is 430. The van der Waals surface area contributed by atoms with Crippen molar-refractivity contribution < 1.29 is 9.90 Å². The molecule has 1 aromatic rings. The molecular weight excluding hydrogens is 264 g/mol. The van der Waals surface area contributed by atoms with Crippen LogP contribution in [-0.2, 0) is 4.79 Å². The highest BCUT2D eigenvalue weighted by Gasteiger charge is 2.28. The molecule has 0 saturated heterocycles. The topological polar surface area (TPSA) is 52.6 Å². The summed E-state index contributed by atoms with van der Waals surface area (Å²) >= 11 is 0. The van der Waals surface area contributed by atoms with Crippen LogP contribution in [0.5, 0.6) is 0 Å². The van der Waals surface area contributed by atoms with Crippen molar-refractivity contribution in [3.63, 3.8) is 0 Å². The average Bonchev–Trinajstić information content (AvgIpc) is 2.53. The number of hydrogen-bond donors (Lipinski definition) is 2. The number of carbonyl (C=O) groups excluding carboxylic acids is 1. The molecule has 0 radical (unpaired) electrons. The summed E-state index contributed by atoms with van der Waals surface area (Å²) in [7, 11) is 1.93. The van der Waals surface area contributed by atoms with Gasteiger partial charge in [-0.05, 0) is 32.0 Å². The van der Waals surface area contributed by atoms with Crippen molar-refractivity contribution in [3.8, 4) is 0 Å². The van der Waals surface area contributed by atoms with E-state index in [-0.39, 0.29) is 11.9 Å². The third kappa shape index (κ3) is 4.83. The minimum absolute atomic E-state index is 0.0640. The number of nitrogens with zero attached hydrogens (tertiary/aromatic N) is 1. The minimum Gasteiger partial charge on any atom is -0.388 e. The van der Waals surface area contributed by atoms with Crippen molar-refractivity contribution in [3.05, 3.63) is 35.9 Å². The molecule has 0 aliphatic carbocycles. The number of likely N-dealkylation sites (N-methyl/N-ethyl adjacent to an activating group) is 1. The zero-order valence-electron chi connectivity index (χ0n) is 13.6. The molecule has 0 aliphatic rings. The van der Waals surface area contributed by atoms with Crippen molar-refractivity contribution in [2.75, 3.05) is 20.1 Å².